The second-order valence-electron chi connectivity index (χ2n) is 5.66. The third kappa shape index (κ3) is 4.77. The van der Waals surface area contributed by atoms with Gasteiger partial charge in [0.05, 0.1) is 7.11 Å². The summed E-state index contributed by atoms with van der Waals surface area (Å²) < 4.78 is 16.6. The lowest BCUT2D eigenvalue weighted by Crippen LogP contribution is -2.17. The predicted molar refractivity (Wildman–Crippen MR) is 101 cm³/mol. The molecular formula is C21H19NO5. The number of hydrogen-bond acceptors (Lipinski definition) is 5. The summed E-state index contributed by atoms with van der Waals surface area (Å²) in [7, 11) is 1.59. The van der Waals surface area contributed by atoms with Crippen LogP contribution in [0.4, 0.5) is 0 Å². The molecule has 27 heavy (non-hydrogen) atoms. The van der Waals surface area contributed by atoms with Crippen LogP contribution >= 0.6 is 0 Å². The van der Waals surface area contributed by atoms with Gasteiger partial charge in [-0.25, -0.2) is 5.48 Å². The molecule has 0 unspecified atom stereocenters. The van der Waals surface area contributed by atoms with Crippen molar-refractivity contribution >= 4 is 18.1 Å². The standard InChI is InChI=1S/C21H19NO5/c1-25-20-13-15(7-9-17-10-12-19(27-17)21(23)22-24)8-11-18(20)26-14-16-5-3-2-4-6-16/h2-13,24H,14H2,1H3,(H,22,23)/b9-7+. The van der Waals surface area contributed by atoms with E-state index in [1.54, 1.807) is 19.3 Å². The quantitative estimate of drug-likeness (QED) is 0.485. The molecule has 0 aliphatic heterocycles. The number of furan rings is 1. The number of amides is 1. The molecule has 1 amide bonds. The number of methoxy groups -OCH3 is 1. The number of ether oxygens (including phenoxy) is 2. The van der Waals surface area contributed by atoms with Crippen molar-refractivity contribution in [3.05, 3.63) is 83.3 Å². The Hall–Kier alpha value is -3.51. The van der Waals surface area contributed by atoms with E-state index in [2.05, 4.69) is 0 Å². The van der Waals surface area contributed by atoms with E-state index in [1.165, 1.54) is 11.5 Å². The summed E-state index contributed by atoms with van der Waals surface area (Å²) in [6.45, 7) is 0.453. The summed E-state index contributed by atoms with van der Waals surface area (Å²) >= 11 is 0. The Morgan fingerprint density at radius 3 is 2.63 bits per heavy atom. The van der Waals surface area contributed by atoms with Crippen molar-refractivity contribution in [2.45, 2.75) is 6.61 Å². The molecular weight excluding hydrogens is 346 g/mol. The smallest absolute Gasteiger partial charge is 0.310 e. The number of carbonyl (C=O) groups excluding carboxylic acids is 1. The minimum Gasteiger partial charge on any atom is -0.493 e. The summed E-state index contributed by atoms with van der Waals surface area (Å²) in [4.78, 5) is 11.3. The first-order valence-electron chi connectivity index (χ1n) is 8.26. The Bertz CT molecular complexity index is 931. The van der Waals surface area contributed by atoms with Crippen molar-refractivity contribution < 1.29 is 23.9 Å². The lowest BCUT2D eigenvalue weighted by molar-refractivity contribution is 0.0675. The van der Waals surface area contributed by atoms with Crippen LogP contribution in [0.1, 0.15) is 27.4 Å². The van der Waals surface area contributed by atoms with E-state index in [0.717, 1.165) is 11.1 Å². The number of carbonyl (C=O) groups is 1. The maximum atomic E-state index is 11.3. The molecule has 0 spiro atoms. The van der Waals surface area contributed by atoms with E-state index in [4.69, 9.17) is 19.1 Å². The van der Waals surface area contributed by atoms with Crippen LogP contribution in [0.15, 0.2) is 65.1 Å². The molecule has 0 radical (unpaired) electrons. The Morgan fingerprint density at radius 1 is 1.07 bits per heavy atom. The Labute approximate surface area is 156 Å². The SMILES string of the molecule is COc1cc(/C=C/c2ccc(C(=O)NO)o2)ccc1OCc1ccccc1. The predicted octanol–water partition coefficient (Wildman–Crippen LogP) is 4.16. The van der Waals surface area contributed by atoms with E-state index in [1.807, 2.05) is 54.6 Å². The number of benzene rings is 2. The molecule has 0 saturated heterocycles. The highest BCUT2D eigenvalue weighted by atomic mass is 16.5. The van der Waals surface area contributed by atoms with Gasteiger partial charge in [-0.3, -0.25) is 10.0 Å². The average Bonchev–Trinajstić information content (AvgIpc) is 3.20. The zero-order valence-corrected chi connectivity index (χ0v) is 14.7. The van der Waals surface area contributed by atoms with E-state index in [-0.39, 0.29) is 5.76 Å². The summed E-state index contributed by atoms with van der Waals surface area (Å²) in [6, 6.07) is 18.6. The maximum absolute atomic E-state index is 11.3. The van der Waals surface area contributed by atoms with Crippen molar-refractivity contribution in [3.8, 4) is 11.5 Å². The van der Waals surface area contributed by atoms with Crippen LogP contribution < -0.4 is 15.0 Å². The van der Waals surface area contributed by atoms with Gasteiger partial charge in [-0.05, 0) is 41.5 Å². The average molecular weight is 365 g/mol. The molecule has 0 aliphatic rings. The first-order valence-corrected chi connectivity index (χ1v) is 8.26. The maximum Gasteiger partial charge on any atom is 0.310 e. The fraction of sp³-hybridized carbons (Fsp3) is 0.0952. The molecule has 6 nitrogen and oxygen atoms in total. The largest absolute Gasteiger partial charge is 0.493 e. The van der Waals surface area contributed by atoms with Crippen LogP contribution in [0.25, 0.3) is 12.2 Å². The highest BCUT2D eigenvalue weighted by molar-refractivity contribution is 5.90. The summed E-state index contributed by atoms with van der Waals surface area (Å²) in [5.74, 6) is 1.08. The molecule has 138 valence electrons. The molecule has 1 aromatic heterocycles. The number of hydroxylamine groups is 1. The third-order valence-electron chi connectivity index (χ3n) is 3.82. The fourth-order valence-corrected chi connectivity index (χ4v) is 2.44. The van der Waals surface area contributed by atoms with Gasteiger partial charge in [-0.1, -0.05) is 42.5 Å². The van der Waals surface area contributed by atoms with Crippen LogP contribution in [-0.4, -0.2) is 18.2 Å². The van der Waals surface area contributed by atoms with Crippen molar-refractivity contribution in [2.75, 3.05) is 7.11 Å². The van der Waals surface area contributed by atoms with Crippen LogP contribution in [0.2, 0.25) is 0 Å². The molecule has 0 aliphatic carbocycles. The van der Waals surface area contributed by atoms with E-state index < -0.39 is 5.91 Å². The second kappa shape index (κ2) is 8.73. The highest BCUT2D eigenvalue weighted by Crippen LogP contribution is 2.29. The van der Waals surface area contributed by atoms with Gasteiger partial charge in [-0.2, -0.15) is 0 Å². The Morgan fingerprint density at radius 2 is 1.89 bits per heavy atom. The van der Waals surface area contributed by atoms with Crippen LogP contribution in [0, 0.1) is 0 Å². The van der Waals surface area contributed by atoms with E-state index in [9.17, 15) is 4.79 Å². The minimum atomic E-state index is -0.698. The summed E-state index contributed by atoms with van der Waals surface area (Å²) in [5.41, 5.74) is 3.48. The summed E-state index contributed by atoms with van der Waals surface area (Å²) in [5, 5.41) is 8.60. The Kier molecular flexibility index (Phi) is 5.91. The van der Waals surface area contributed by atoms with Crippen LogP contribution in [-0.2, 0) is 6.61 Å². The zero-order chi connectivity index (χ0) is 19.1. The monoisotopic (exact) mass is 365 g/mol. The number of rotatable bonds is 7. The first kappa shape index (κ1) is 18.3. The zero-order valence-electron chi connectivity index (χ0n) is 14.7. The molecule has 6 heteroatoms. The van der Waals surface area contributed by atoms with Crippen LogP contribution in [0.3, 0.4) is 0 Å². The molecule has 0 atom stereocenters. The van der Waals surface area contributed by atoms with Crippen LogP contribution in [0.5, 0.6) is 11.5 Å². The van der Waals surface area contributed by atoms with Gasteiger partial charge in [0.15, 0.2) is 17.3 Å². The van der Waals surface area contributed by atoms with Crippen molar-refractivity contribution in [1.29, 1.82) is 0 Å². The molecule has 3 aromatic rings. The van der Waals surface area contributed by atoms with Gasteiger partial charge in [0.1, 0.15) is 12.4 Å². The number of nitrogens with one attached hydrogen (secondary N) is 1. The topological polar surface area (TPSA) is 80.9 Å². The third-order valence-corrected chi connectivity index (χ3v) is 3.82. The van der Waals surface area contributed by atoms with E-state index >= 15 is 0 Å². The molecule has 0 bridgehead atoms. The van der Waals surface area contributed by atoms with Crippen molar-refractivity contribution in [3.63, 3.8) is 0 Å². The normalized spacial score (nSPS) is 10.7. The minimum absolute atomic E-state index is 0.0272. The van der Waals surface area contributed by atoms with Gasteiger partial charge < -0.3 is 13.9 Å². The van der Waals surface area contributed by atoms with Gasteiger partial charge in [0, 0.05) is 0 Å². The summed E-state index contributed by atoms with van der Waals surface area (Å²) in [6.07, 6.45) is 3.54. The van der Waals surface area contributed by atoms with Crippen molar-refractivity contribution in [1.82, 2.24) is 5.48 Å². The highest BCUT2D eigenvalue weighted by Gasteiger charge is 2.09. The number of hydrogen-bond donors (Lipinski definition) is 2. The molecule has 0 saturated carbocycles. The van der Waals surface area contributed by atoms with Gasteiger partial charge >= 0.3 is 5.91 Å². The lowest BCUT2D eigenvalue weighted by atomic mass is 10.1. The van der Waals surface area contributed by atoms with Crippen molar-refractivity contribution in [2.24, 2.45) is 0 Å². The molecule has 2 N–H and O–H groups in total. The van der Waals surface area contributed by atoms with Gasteiger partial charge in [-0.15, -0.1) is 0 Å². The van der Waals surface area contributed by atoms with Gasteiger partial charge in [0.25, 0.3) is 0 Å². The molecule has 0 fully saturated rings. The molecule has 2 aromatic carbocycles. The fourth-order valence-electron chi connectivity index (χ4n) is 2.44. The van der Waals surface area contributed by atoms with E-state index in [0.29, 0.717) is 23.9 Å². The molecule has 3 rings (SSSR count). The molecule has 1 heterocycles. The lowest BCUT2D eigenvalue weighted by Gasteiger charge is -2.11. The first-order chi connectivity index (χ1) is 13.2. The second-order valence-corrected chi connectivity index (χ2v) is 5.66. The Balaban J connectivity index is 1.70. The van der Waals surface area contributed by atoms with Gasteiger partial charge in [0.2, 0.25) is 0 Å².